The van der Waals surface area contributed by atoms with E-state index in [-0.39, 0.29) is 5.54 Å². The summed E-state index contributed by atoms with van der Waals surface area (Å²) in [5.41, 5.74) is 0.224. The Morgan fingerprint density at radius 1 is 1.11 bits per heavy atom. The van der Waals surface area contributed by atoms with E-state index < -0.39 is 0 Å². The van der Waals surface area contributed by atoms with Crippen LogP contribution in [-0.2, 0) is 4.74 Å². The highest BCUT2D eigenvalue weighted by molar-refractivity contribution is 4.86. The van der Waals surface area contributed by atoms with Gasteiger partial charge in [-0.25, -0.2) is 0 Å². The summed E-state index contributed by atoms with van der Waals surface area (Å²) in [4.78, 5) is 0. The lowest BCUT2D eigenvalue weighted by Gasteiger charge is -2.41. The van der Waals surface area contributed by atoms with Crippen LogP contribution in [0.15, 0.2) is 0 Å². The average molecular weight is 267 g/mol. The van der Waals surface area contributed by atoms with E-state index in [0.717, 1.165) is 30.9 Å². The summed E-state index contributed by atoms with van der Waals surface area (Å²) < 4.78 is 6.20. The molecule has 4 atom stereocenters. The molecule has 0 bridgehead atoms. The normalized spacial score (nSPS) is 37.3. The fourth-order valence-corrected chi connectivity index (χ4v) is 3.82. The molecule has 2 aliphatic rings. The molecule has 1 heterocycles. The summed E-state index contributed by atoms with van der Waals surface area (Å²) in [6, 6.07) is 0. The molecule has 2 nitrogen and oxygen atoms in total. The second-order valence-corrected chi connectivity index (χ2v) is 7.90. The van der Waals surface area contributed by atoms with Crippen LogP contribution in [0.25, 0.3) is 0 Å². The predicted octanol–water partition coefficient (Wildman–Crippen LogP) is 4.00. The Bertz CT molecular complexity index is 271. The van der Waals surface area contributed by atoms with Gasteiger partial charge in [-0.05, 0) is 64.2 Å². The van der Waals surface area contributed by atoms with E-state index in [1.54, 1.807) is 0 Å². The van der Waals surface area contributed by atoms with Gasteiger partial charge in [0.1, 0.15) is 0 Å². The number of hydrogen-bond donors (Lipinski definition) is 1. The number of nitrogens with one attached hydrogen (secondary N) is 1. The first-order chi connectivity index (χ1) is 8.96. The van der Waals surface area contributed by atoms with E-state index in [1.165, 1.54) is 38.5 Å². The van der Waals surface area contributed by atoms with Crippen LogP contribution in [0.1, 0.15) is 66.2 Å². The monoisotopic (exact) mass is 267 g/mol. The zero-order valence-electron chi connectivity index (χ0n) is 13.4. The molecule has 1 aliphatic heterocycles. The van der Waals surface area contributed by atoms with Crippen LogP contribution >= 0.6 is 0 Å². The van der Waals surface area contributed by atoms with E-state index in [1.807, 2.05) is 0 Å². The molecule has 19 heavy (non-hydrogen) atoms. The van der Waals surface area contributed by atoms with E-state index in [0.29, 0.717) is 6.10 Å². The minimum absolute atomic E-state index is 0.224. The molecule has 1 saturated heterocycles. The van der Waals surface area contributed by atoms with Crippen LogP contribution in [0.4, 0.5) is 0 Å². The summed E-state index contributed by atoms with van der Waals surface area (Å²) >= 11 is 0. The summed E-state index contributed by atoms with van der Waals surface area (Å²) in [5.74, 6) is 2.44. The first-order valence-corrected chi connectivity index (χ1v) is 8.32. The predicted molar refractivity (Wildman–Crippen MR) is 81.3 cm³/mol. The molecule has 1 saturated carbocycles. The Morgan fingerprint density at radius 2 is 1.89 bits per heavy atom. The van der Waals surface area contributed by atoms with Crippen molar-refractivity contribution < 1.29 is 4.74 Å². The van der Waals surface area contributed by atoms with Gasteiger partial charge in [0, 0.05) is 18.7 Å². The summed E-state index contributed by atoms with van der Waals surface area (Å²) in [5, 5.41) is 3.69. The molecule has 0 radical (unpaired) electrons. The lowest BCUT2D eigenvalue weighted by atomic mass is 9.74. The van der Waals surface area contributed by atoms with Crippen LogP contribution in [0.3, 0.4) is 0 Å². The van der Waals surface area contributed by atoms with Crippen molar-refractivity contribution in [3.63, 3.8) is 0 Å². The van der Waals surface area contributed by atoms with Crippen molar-refractivity contribution in [3.05, 3.63) is 0 Å². The molecule has 0 amide bonds. The Balaban J connectivity index is 1.91. The molecule has 2 fully saturated rings. The van der Waals surface area contributed by atoms with E-state index in [2.05, 4.69) is 33.0 Å². The van der Waals surface area contributed by atoms with Gasteiger partial charge in [-0.15, -0.1) is 0 Å². The van der Waals surface area contributed by atoms with Gasteiger partial charge in [0.05, 0.1) is 6.10 Å². The summed E-state index contributed by atoms with van der Waals surface area (Å²) in [7, 11) is 0. The summed E-state index contributed by atoms with van der Waals surface area (Å²) in [6.45, 7) is 11.3. The maximum absolute atomic E-state index is 6.20. The van der Waals surface area contributed by atoms with Gasteiger partial charge in [-0.3, -0.25) is 0 Å². The quantitative estimate of drug-likeness (QED) is 0.834. The maximum Gasteiger partial charge on any atom is 0.0643 e. The molecule has 1 aliphatic carbocycles. The highest BCUT2D eigenvalue weighted by Crippen LogP contribution is 2.37. The van der Waals surface area contributed by atoms with Crippen LogP contribution < -0.4 is 5.32 Å². The van der Waals surface area contributed by atoms with Gasteiger partial charge in [0.2, 0.25) is 0 Å². The molecule has 4 unspecified atom stereocenters. The standard InChI is InChI=1S/C17H33NO/c1-13-7-5-8-14(11-13)16-15(9-6-10-19-16)12-18-17(2,3)4/h13-16,18H,5-12H2,1-4H3. The van der Waals surface area contributed by atoms with E-state index >= 15 is 0 Å². The minimum atomic E-state index is 0.224. The van der Waals surface area contributed by atoms with Crippen molar-refractivity contribution in [2.24, 2.45) is 17.8 Å². The van der Waals surface area contributed by atoms with Crippen LogP contribution in [0, 0.1) is 17.8 Å². The molecule has 112 valence electrons. The largest absolute Gasteiger partial charge is 0.378 e. The molecule has 1 N–H and O–H groups in total. The van der Waals surface area contributed by atoms with Gasteiger partial charge in [-0.2, -0.15) is 0 Å². The van der Waals surface area contributed by atoms with Crippen molar-refractivity contribution in [3.8, 4) is 0 Å². The lowest BCUT2D eigenvalue weighted by Crippen LogP contribution is -2.46. The Kier molecular flexibility index (Phi) is 5.30. The van der Waals surface area contributed by atoms with E-state index in [4.69, 9.17) is 4.74 Å². The van der Waals surface area contributed by atoms with Gasteiger partial charge in [0.25, 0.3) is 0 Å². The second-order valence-electron chi connectivity index (χ2n) is 7.90. The average Bonchev–Trinajstić information content (AvgIpc) is 2.36. The smallest absolute Gasteiger partial charge is 0.0643 e. The fourth-order valence-electron chi connectivity index (χ4n) is 3.82. The maximum atomic E-state index is 6.20. The van der Waals surface area contributed by atoms with Crippen molar-refractivity contribution in [2.45, 2.75) is 77.9 Å². The molecular weight excluding hydrogens is 234 g/mol. The van der Waals surface area contributed by atoms with Gasteiger partial charge >= 0.3 is 0 Å². The Hall–Kier alpha value is -0.0800. The topological polar surface area (TPSA) is 21.3 Å². The number of hydrogen-bond acceptors (Lipinski definition) is 2. The van der Waals surface area contributed by atoms with Crippen molar-refractivity contribution >= 4 is 0 Å². The molecular formula is C17H33NO. The van der Waals surface area contributed by atoms with Crippen molar-refractivity contribution in [2.75, 3.05) is 13.2 Å². The van der Waals surface area contributed by atoms with Gasteiger partial charge in [-0.1, -0.05) is 19.8 Å². The second kappa shape index (κ2) is 6.58. The fraction of sp³-hybridized carbons (Fsp3) is 1.00. The summed E-state index contributed by atoms with van der Waals surface area (Å²) in [6.07, 6.45) is 8.72. The Labute approximate surface area is 119 Å². The third-order valence-corrected chi connectivity index (χ3v) is 4.83. The third kappa shape index (κ3) is 4.75. The SMILES string of the molecule is CC1CCCC(C2OCCCC2CNC(C)(C)C)C1. The minimum Gasteiger partial charge on any atom is -0.378 e. The Morgan fingerprint density at radius 3 is 2.58 bits per heavy atom. The molecule has 0 aromatic heterocycles. The zero-order valence-corrected chi connectivity index (χ0v) is 13.4. The zero-order chi connectivity index (χ0) is 13.9. The molecule has 0 aromatic rings. The van der Waals surface area contributed by atoms with Gasteiger partial charge < -0.3 is 10.1 Å². The third-order valence-electron chi connectivity index (χ3n) is 4.83. The number of ether oxygens (including phenoxy) is 1. The van der Waals surface area contributed by atoms with Crippen LogP contribution in [-0.4, -0.2) is 24.8 Å². The molecule has 2 heteroatoms. The number of rotatable bonds is 3. The van der Waals surface area contributed by atoms with Crippen LogP contribution in [0.5, 0.6) is 0 Å². The highest BCUT2D eigenvalue weighted by atomic mass is 16.5. The highest BCUT2D eigenvalue weighted by Gasteiger charge is 2.35. The van der Waals surface area contributed by atoms with Crippen LogP contribution in [0.2, 0.25) is 0 Å². The van der Waals surface area contributed by atoms with Crippen molar-refractivity contribution in [1.29, 1.82) is 0 Å². The van der Waals surface area contributed by atoms with Crippen molar-refractivity contribution in [1.82, 2.24) is 5.32 Å². The molecule has 0 spiro atoms. The lowest BCUT2D eigenvalue weighted by molar-refractivity contribution is -0.0730. The first kappa shape index (κ1) is 15.3. The molecule has 0 aromatic carbocycles. The first-order valence-electron chi connectivity index (χ1n) is 8.32. The molecule has 2 rings (SSSR count). The van der Waals surface area contributed by atoms with E-state index in [9.17, 15) is 0 Å². The van der Waals surface area contributed by atoms with Gasteiger partial charge in [0.15, 0.2) is 0 Å².